The van der Waals surface area contributed by atoms with Crippen LogP contribution in [-0.4, -0.2) is 42.2 Å². The number of methoxy groups -OCH3 is 1. The molecule has 0 bridgehead atoms. The summed E-state index contributed by atoms with van der Waals surface area (Å²) in [6.07, 6.45) is 1.75. The number of hydrogen-bond acceptors (Lipinski definition) is 4. The van der Waals surface area contributed by atoms with Gasteiger partial charge in [0.2, 0.25) is 0 Å². The van der Waals surface area contributed by atoms with Gasteiger partial charge in [0.1, 0.15) is 17.4 Å². The number of hydrogen-bond donors (Lipinski definition) is 1. The minimum Gasteiger partial charge on any atom is -0.490 e. The molecule has 1 amide bonds. The number of carbonyl (C=O) groups excluding carboxylic acids is 1. The van der Waals surface area contributed by atoms with E-state index in [1.165, 1.54) is 0 Å². The van der Waals surface area contributed by atoms with Gasteiger partial charge in [-0.05, 0) is 42.7 Å². The summed E-state index contributed by atoms with van der Waals surface area (Å²) in [5.74, 6) is 0.649. The summed E-state index contributed by atoms with van der Waals surface area (Å²) in [6, 6.07) is 9.53. The molecule has 0 fully saturated rings. The lowest BCUT2D eigenvalue weighted by molar-refractivity contribution is 0.0721. The Labute approximate surface area is 178 Å². The number of nitrogens with zero attached hydrogens (tertiary/aromatic N) is 1. The number of pyridine rings is 1. The summed E-state index contributed by atoms with van der Waals surface area (Å²) >= 11 is 0. The fourth-order valence-electron chi connectivity index (χ4n) is 3.70. The van der Waals surface area contributed by atoms with Gasteiger partial charge in [-0.25, -0.2) is 0 Å². The number of benzene rings is 1. The average molecular weight is 413 g/mol. The first-order valence-corrected chi connectivity index (χ1v) is 10.5. The SMILES string of the molecule is COCCCN(Cc1ccc2c(c1)CC(C)O2)C(=O)c1ccc(C(C)(C)C)[nH]c1=O. The summed E-state index contributed by atoms with van der Waals surface area (Å²) in [7, 11) is 1.64. The van der Waals surface area contributed by atoms with Crippen LogP contribution >= 0.6 is 0 Å². The third-order valence-electron chi connectivity index (χ3n) is 5.35. The topological polar surface area (TPSA) is 71.6 Å². The van der Waals surface area contributed by atoms with Gasteiger partial charge in [0.15, 0.2) is 0 Å². The number of rotatable bonds is 7. The lowest BCUT2D eigenvalue weighted by Crippen LogP contribution is -2.36. The van der Waals surface area contributed by atoms with Crippen LogP contribution in [0.2, 0.25) is 0 Å². The quantitative estimate of drug-likeness (QED) is 0.705. The molecule has 6 nitrogen and oxygen atoms in total. The predicted molar refractivity (Wildman–Crippen MR) is 117 cm³/mol. The molecule has 1 aromatic carbocycles. The summed E-state index contributed by atoms with van der Waals surface area (Å²) in [5.41, 5.74) is 2.63. The largest absolute Gasteiger partial charge is 0.490 e. The summed E-state index contributed by atoms with van der Waals surface area (Å²) < 4.78 is 10.9. The van der Waals surface area contributed by atoms with Crippen LogP contribution in [0.1, 0.15) is 61.3 Å². The fraction of sp³-hybridized carbons (Fsp3) is 0.500. The van der Waals surface area contributed by atoms with E-state index in [1.54, 1.807) is 18.1 Å². The second kappa shape index (κ2) is 9.04. The maximum Gasteiger partial charge on any atom is 0.261 e. The number of amides is 1. The van der Waals surface area contributed by atoms with Crippen molar-refractivity contribution in [2.24, 2.45) is 0 Å². The number of fused-ring (bicyclic) bond motifs is 1. The van der Waals surface area contributed by atoms with E-state index in [4.69, 9.17) is 9.47 Å². The van der Waals surface area contributed by atoms with Crippen molar-refractivity contribution in [3.8, 4) is 5.75 Å². The molecule has 1 atom stereocenters. The molecule has 2 heterocycles. The number of ether oxygens (including phenoxy) is 2. The van der Waals surface area contributed by atoms with Crippen molar-refractivity contribution in [2.75, 3.05) is 20.3 Å². The molecule has 30 heavy (non-hydrogen) atoms. The van der Waals surface area contributed by atoms with E-state index in [-0.39, 0.29) is 28.5 Å². The molecule has 1 aromatic heterocycles. The molecule has 1 N–H and O–H groups in total. The molecule has 162 valence electrons. The van der Waals surface area contributed by atoms with Crippen molar-refractivity contribution in [3.63, 3.8) is 0 Å². The number of aromatic nitrogens is 1. The smallest absolute Gasteiger partial charge is 0.261 e. The summed E-state index contributed by atoms with van der Waals surface area (Å²) in [5, 5.41) is 0. The monoisotopic (exact) mass is 412 g/mol. The van der Waals surface area contributed by atoms with Crippen LogP contribution in [-0.2, 0) is 23.1 Å². The van der Waals surface area contributed by atoms with Gasteiger partial charge in [-0.3, -0.25) is 9.59 Å². The van der Waals surface area contributed by atoms with Gasteiger partial charge in [-0.1, -0.05) is 32.9 Å². The zero-order valence-electron chi connectivity index (χ0n) is 18.6. The van der Waals surface area contributed by atoms with Crippen LogP contribution in [0.3, 0.4) is 0 Å². The van der Waals surface area contributed by atoms with Crippen molar-refractivity contribution in [3.05, 3.63) is 63.1 Å². The van der Waals surface area contributed by atoms with Gasteiger partial charge >= 0.3 is 0 Å². The van der Waals surface area contributed by atoms with E-state index in [9.17, 15) is 9.59 Å². The molecule has 0 spiro atoms. The van der Waals surface area contributed by atoms with Crippen molar-refractivity contribution >= 4 is 5.91 Å². The Morgan fingerprint density at radius 2 is 2.03 bits per heavy atom. The third-order valence-corrected chi connectivity index (χ3v) is 5.35. The van der Waals surface area contributed by atoms with E-state index in [0.29, 0.717) is 26.1 Å². The highest BCUT2D eigenvalue weighted by Gasteiger charge is 2.23. The number of H-pyrrole nitrogens is 1. The second-order valence-electron chi connectivity index (χ2n) is 9.01. The highest BCUT2D eigenvalue weighted by Crippen LogP contribution is 2.30. The standard InChI is InChI=1S/C24H32N2O4/c1-16-13-18-14-17(7-9-20(18)30-16)15-26(11-6-12-29-5)23(28)19-8-10-21(24(2,3)4)25-22(19)27/h7-10,14,16H,6,11-13,15H2,1-5H3,(H,25,27). The molecule has 0 aliphatic carbocycles. The van der Waals surface area contributed by atoms with Crippen molar-refractivity contribution in [1.29, 1.82) is 0 Å². The Hall–Kier alpha value is -2.60. The van der Waals surface area contributed by atoms with Gasteiger partial charge in [0.25, 0.3) is 11.5 Å². The van der Waals surface area contributed by atoms with E-state index in [0.717, 1.165) is 29.0 Å². The van der Waals surface area contributed by atoms with Crippen molar-refractivity contribution < 1.29 is 14.3 Å². The van der Waals surface area contributed by atoms with Crippen molar-refractivity contribution in [1.82, 2.24) is 9.88 Å². The Morgan fingerprint density at radius 1 is 1.27 bits per heavy atom. The minimum absolute atomic E-state index is 0.165. The molecule has 0 radical (unpaired) electrons. The van der Waals surface area contributed by atoms with Crippen LogP contribution < -0.4 is 10.3 Å². The van der Waals surface area contributed by atoms with Crippen LogP contribution in [0.4, 0.5) is 0 Å². The number of aromatic amines is 1. The maximum atomic E-state index is 13.3. The van der Waals surface area contributed by atoms with Gasteiger partial charge in [0, 0.05) is 44.3 Å². The highest BCUT2D eigenvalue weighted by atomic mass is 16.5. The van der Waals surface area contributed by atoms with Gasteiger partial charge < -0.3 is 19.4 Å². The first kappa shape index (κ1) is 22.1. The molecule has 0 saturated heterocycles. The molecule has 1 aliphatic heterocycles. The minimum atomic E-state index is -0.347. The lowest BCUT2D eigenvalue weighted by atomic mass is 9.91. The van der Waals surface area contributed by atoms with Gasteiger partial charge in [-0.15, -0.1) is 0 Å². The highest BCUT2D eigenvalue weighted by molar-refractivity contribution is 5.93. The van der Waals surface area contributed by atoms with Gasteiger partial charge in [-0.2, -0.15) is 0 Å². The van der Waals surface area contributed by atoms with Gasteiger partial charge in [0.05, 0.1) is 0 Å². The Kier molecular flexibility index (Phi) is 6.66. The van der Waals surface area contributed by atoms with Crippen LogP contribution in [0.5, 0.6) is 5.75 Å². The van der Waals surface area contributed by atoms with Crippen LogP contribution in [0, 0.1) is 0 Å². The molecule has 6 heteroatoms. The maximum absolute atomic E-state index is 13.3. The Morgan fingerprint density at radius 3 is 2.70 bits per heavy atom. The molecule has 1 unspecified atom stereocenters. The fourth-order valence-corrected chi connectivity index (χ4v) is 3.70. The molecule has 0 saturated carbocycles. The Bertz CT molecular complexity index is 958. The molecule has 1 aliphatic rings. The Balaban J connectivity index is 1.84. The summed E-state index contributed by atoms with van der Waals surface area (Å²) in [6.45, 7) is 9.62. The van der Waals surface area contributed by atoms with E-state index < -0.39 is 0 Å². The zero-order valence-corrected chi connectivity index (χ0v) is 18.6. The molecule has 3 rings (SSSR count). The average Bonchev–Trinajstić information content (AvgIpc) is 3.05. The molecular weight excluding hydrogens is 380 g/mol. The third kappa shape index (κ3) is 5.11. The number of carbonyl (C=O) groups is 1. The first-order valence-electron chi connectivity index (χ1n) is 10.5. The van der Waals surface area contributed by atoms with E-state index in [1.807, 2.05) is 45.9 Å². The first-order chi connectivity index (χ1) is 14.2. The van der Waals surface area contributed by atoms with E-state index >= 15 is 0 Å². The zero-order chi connectivity index (χ0) is 21.9. The van der Waals surface area contributed by atoms with Crippen LogP contribution in [0.25, 0.3) is 0 Å². The number of nitrogens with one attached hydrogen (secondary N) is 1. The molecule has 2 aromatic rings. The molecular formula is C24H32N2O4. The second-order valence-corrected chi connectivity index (χ2v) is 9.01. The predicted octanol–water partition coefficient (Wildman–Crippen LogP) is 3.67. The lowest BCUT2D eigenvalue weighted by Gasteiger charge is -2.24. The normalized spacial score (nSPS) is 15.6. The van der Waals surface area contributed by atoms with Crippen molar-refractivity contribution in [2.45, 2.75) is 58.6 Å². The summed E-state index contributed by atoms with van der Waals surface area (Å²) in [4.78, 5) is 30.5. The van der Waals surface area contributed by atoms with Crippen LogP contribution in [0.15, 0.2) is 35.1 Å². The van der Waals surface area contributed by atoms with E-state index in [2.05, 4.69) is 11.1 Å².